The molecule has 3 aromatic rings. The molecule has 0 aliphatic heterocycles. The first-order valence-electron chi connectivity index (χ1n) is 5.81. The van der Waals surface area contributed by atoms with Crippen molar-refractivity contribution in [2.45, 2.75) is 6.54 Å². The van der Waals surface area contributed by atoms with E-state index in [0.29, 0.717) is 18.3 Å². The van der Waals surface area contributed by atoms with Gasteiger partial charge in [0.15, 0.2) is 5.82 Å². The van der Waals surface area contributed by atoms with Gasteiger partial charge in [-0.3, -0.25) is 4.68 Å². The van der Waals surface area contributed by atoms with Gasteiger partial charge in [-0.1, -0.05) is 0 Å². The van der Waals surface area contributed by atoms with Gasteiger partial charge < -0.3 is 15.0 Å². The van der Waals surface area contributed by atoms with Gasteiger partial charge >= 0.3 is 0 Å². The molecule has 2 heterocycles. The number of ether oxygens (including phenoxy) is 1. The molecule has 0 fully saturated rings. The highest BCUT2D eigenvalue weighted by molar-refractivity contribution is 5.80. The summed E-state index contributed by atoms with van der Waals surface area (Å²) in [6, 6.07) is 5.65. The van der Waals surface area contributed by atoms with E-state index < -0.39 is 0 Å². The highest BCUT2D eigenvalue weighted by Crippen LogP contribution is 2.23. The van der Waals surface area contributed by atoms with E-state index in [1.54, 1.807) is 18.1 Å². The van der Waals surface area contributed by atoms with Gasteiger partial charge in [0.1, 0.15) is 12.1 Å². The van der Waals surface area contributed by atoms with Crippen LogP contribution in [0.2, 0.25) is 0 Å². The number of benzene rings is 1. The second kappa shape index (κ2) is 4.27. The molecule has 7 nitrogen and oxygen atoms in total. The van der Waals surface area contributed by atoms with Crippen LogP contribution in [0.1, 0.15) is 5.82 Å². The number of imidazole rings is 1. The fourth-order valence-electron chi connectivity index (χ4n) is 2.01. The Morgan fingerprint density at radius 3 is 2.89 bits per heavy atom. The van der Waals surface area contributed by atoms with Gasteiger partial charge in [-0.2, -0.15) is 5.10 Å². The van der Waals surface area contributed by atoms with E-state index in [1.807, 2.05) is 29.8 Å². The van der Waals surface area contributed by atoms with Crippen LogP contribution in [0.15, 0.2) is 24.5 Å². The van der Waals surface area contributed by atoms with Gasteiger partial charge in [-0.25, -0.2) is 9.97 Å². The zero-order valence-electron chi connectivity index (χ0n) is 10.7. The van der Waals surface area contributed by atoms with E-state index in [9.17, 15) is 0 Å². The van der Waals surface area contributed by atoms with Crippen molar-refractivity contribution in [3.8, 4) is 5.75 Å². The predicted molar refractivity (Wildman–Crippen MR) is 70.8 cm³/mol. The van der Waals surface area contributed by atoms with Crippen LogP contribution >= 0.6 is 0 Å². The number of methoxy groups -OCH3 is 1. The molecule has 0 aliphatic rings. The average Bonchev–Trinajstić information content (AvgIpc) is 2.94. The first-order valence-corrected chi connectivity index (χ1v) is 5.81. The number of nitrogens with two attached hydrogens (primary N) is 1. The van der Waals surface area contributed by atoms with E-state index in [-0.39, 0.29) is 0 Å². The van der Waals surface area contributed by atoms with Crippen LogP contribution in [0.4, 0.5) is 5.95 Å². The Labute approximate surface area is 109 Å². The van der Waals surface area contributed by atoms with Crippen LogP contribution in [0.3, 0.4) is 0 Å². The lowest BCUT2D eigenvalue weighted by Gasteiger charge is -2.04. The zero-order chi connectivity index (χ0) is 13.4. The lowest BCUT2D eigenvalue weighted by Crippen LogP contribution is -2.06. The van der Waals surface area contributed by atoms with Gasteiger partial charge in [0.05, 0.1) is 24.7 Å². The van der Waals surface area contributed by atoms with Crippen LogP contribution < -0.4 is 10.5 Å². The number of nitrogen functional groups attached to an aromatic ring is 1. The molecule has 0 spiro atoms. The summed E-state index contributed by atoms with van der Waals surface area (Å²) in [4.78, 5) is 8.51. The molecule has 2 aromatic heterocycles. The molecule has 19 heavy (non-hydrogen) atoms. The molecule has 98 valence electrons. The maximum absolute atomic E-state index is 5.95. The lowest BCUT2D eigenvalue weighted by atomic mass is 10.3. The summed E-state index contributed by atoms with van der Waals surface area (Å²) >= 11 is 0. The quantitative estimate of drug-likeness (QED) is 0.751. The molecule has 2 N–H and O–H groups in total. The third-order valence-corrected chi connectivity index (χ3v) is 2.93. The average molecular weight is 258 g/mol. The van der Waals surface area contributed by atoms with Crippen molar-refractivity contribution in [3.05, 3.63) is 30.4 Å². The Balaban J connectivity index is 2.08. The Bertz CT molecular complexity index is 729. The molecule has 0 amide bonds. The number of hydrogen-bond donors (Lipinski definition) is 1. The molecule has 0 bridgehead atoms. The summed E-state index contributed by atoms with van der Waals surface area (Å²) < 4.78 is 8.75. The molecule has 0 saturated carbocycles. The Hall–Kier alpha value is -2.57. The third-order valence-electron chi connectivity index (χ3n) is 2.93. The van der Waals surface area contributed by atoms with Crippen LogP contribution in [-0.4, -0.2) is 31.4 Å². The minimum Gasteiger partial charge on any atom is -0.497 e. The summed E-state index contributed by atoms with van der Waals surface area (Å²) in [5, 5.41) is 4.25. The molecule has 0 unspecified atom stereocenters. The highest BCUT2D eigenvalue weighted by atomic mass is 16.5. The fourth-order valence-corrected chi connectivity index (χ4v) is 2.01. The first kappa shape index (κ1) is 11.5. The van der Waals surface area contributed by atoms with E-state index in [1.165, 1.54) is 0 Å². The standard InChI is InChI=1S/C12H14N6O/c1-17-7-14-11(16-17)6-18-10-5-8(19-2)3-4-9(10)15-12(18)13/h3-5,7H,6H2,1-2H3,(H2,13,15). The van der Waals surface area contributed by atoms with Gasteiger partial charge in [0.25, 0.3) is 0 Å². The Kier molecular flexibility index (Phi) is 2.59. The molecule has 0 atom stereocenters. The smallest absolute Gasteiger partial charge is 0.201 e. The van der Waals surface area contributed by atoms with Crippen molar-refractivity contribution in [2.75, 3.05) is 12.8 Å². The van der Waals surface area contributed by atoms with Crippen LogP contribution in [0.25, 0.3) is 11.0 Å². The second-order valence-electron chi connectivity index (χ2n) is 4.25. The van der Waals surface area contributed by atoms with E-state index in [2.05, 4.69) is 15.1 Å². The molecular formula is C12H14N6O. The maximum Gasteiger partial charge on any atom is 0.201 e. The van der Waals surface area contributed by atoms with Gasteiger partial charge in [0.2, 0.25) is 5.95 Å². The normalized spacial score (nSPS) is 11.1. The number of anilines is 1. The fraction of sp³-hybridized carbons (Fsp3) is 0.250. The number of rotatable bonds is 3. The third kappa shape index (κ3) is 1.99. The predicted octanol–water partition coefficient (Wildman–Crippen LogP) is 0.804. The molecule has 0 saturated heterocycles. The molecule has 1 aromatic carbocycles. The SMILES string of the molecule is COc1ccc2nc(N)n(Cc3ncn(C)n3)c2c1. The monoisotopic (exact) mass is 258 g/mol. The first-order chi connectivity index (χ1) is 9.17. The second-order valence-corrected chi connectivity index (χ2v) is 4.25. The van der Waals surface area contributed by atoms with Crippen molar-refractivity contribution in [3.63, 3.8) is 0 Å². The summed E-state index contributed by atoms with van der Waals surface area (Å²) in [5.74, 6) is 1.90. The van der Waals surface area contributed by atoms with Crippen molar-refractivity contribution < 1.29 is 4.74 Å². The molecule has 3 rings (SSSR count). The summed E-state index contributed by atoms with van der Waals surface area (Å²) in [7, 11) is 3.46. The van der Waals surface area contributed by atoms with Crippen LogP contribution in [0.5, 0.6) is 5.75 Å². The van der Waals surface area contributed by atoms with Gasteiger partial charge in [0, 0.05) is 13.1 Å². The molecule has 0 aliphatic carbocycles. The molecular weight excluding hydrogens is 244 g/mol. The van der Waals surface area contributed by atoms with Crippen LogP contribution in [-0.2, 0) is 13.6 Å². The minimum atomic E-state index is 0.440. The lowest BCUT2D eigenvalue weighted by molar-refractivity contribution is 0.415. The van der Waals surface area contributed by atoms with Crippen molar-refractivity contribution in [2.24, 2.45) is 7.05 Å². The van der Waals surface area contributed by atoms with Crippen molar-refractivity contribution >= 4 is 17.0 Å². The van der Waals surface area contributed by atoms with Crippen molar-refractivity contribution in [1.82, 2.24) is 24.3 Å². The van der Waals surface area contributed by atoms with Gasteiger partial charge in [-0.15, -0.1) is 0 Å². The number of aryl methyl sites for hydroxylation is 1. The molecule has 0 radical (unpaired) electrons. The summed E-state index contributed by atoms with van der Waals surface area (Å²) in [6.07, 6.45) is 1.66. The van der Waals surface area contributed by atoms with E-state index in [0.717, 1.165) is 16.8 Å². The minimum absolute atomic E-state index is 0.440. The maximum atomic E-state index is 5.95. The number of hydrogen-bond acceptors (Lipinski definition) is 5. The van der Waals surface area contributed by atoms with Gasteiger partial charge in [-0.05, 0) is 12.1 Å². The van der Waals surface area contributed by atoms with E-state index >= 15 is 0 Å². The van der Waals surface area contributed by atoms with Crippen molar-refractivity contribution in [1.29, 1.82) is 0 Å². The Morgan fingerprint density at radius 2 is 2.21 bits per heavy atom. The highest BCUT2D eigenvalue weighted by Gasteiger charge is 2.11. The largest absolute Gasteiger partial charge is 0.497 e. The summed E-state index contributed by atoms with van der Waals surface area (Å²) in [5.41, 5.74) is 7.68. The van der Waals surface area contributed by atoms with E-state index in [4.69, 9.17) is 10.5 Å². The Morgan fingerprint density at radius 1 is 1.37 bits per heavy atom. The number of aromatic nitrogens is 5. The van der Waals surface area contributed by atoms with Crippen LogP contribution in [0, 0.1) is 0 Å². The number of fused-ring (bicyclic) bond motifs is 1. The topological polar surface area (TPSA) is 83.8 Å². The molecule has 7 heteroatoms. The zero-order valence-corrected chi connectivity index (χ0v) is 10.7. The summed E-state index contributed by atoms with van der Waals surface area (Å²) in [6.45, 7) is 0.482. The number of nitrogens with zero attached hydrogens (tertiary/aromatic N) is 5.